The monoisotopic (exact) mass is 432 g/mol. The second kappa shape index (κ2) is 7.16. The molecule has 0 radical (unpaired) electrons. The van der Waals surface area contributed by atoms with E-state index in [0.29, 0.717) is 18.8 Å². The lowest BCUT2D eigenvalue weighted by Gasteiger charge is -2.54. The fraction of sp³-hybridized carbons (Fsp3) is 0.304. The number of H-pyrrole nitrogens is 1. The van der Waals surface area contributed by atoms with Crippen LogP contribution in [0.2, 0.25) is 0 Å². The molecule has 9 heteroatoms. The zero-order chi connectivity index (χ0) is 21.7. The summed E-state index contributed by atoms with van der Waals surface area (Å²) in [5.74, 6) is -2.55. The standard InChI is InChI=1S/C23H20N4O5/c28-20-5-6-21(29)32-23(31-20)22(14-8-11-27(23)12-9-14)30-19-4-3-18(25-26-19)15-1-2-17-16(13-15)7-10-24-17/h1-7,10,13-14,22,24H,8-9,11-12H2/t22-/m0/s1. The Kier molecular flexibility index (Phi) is 4.25. The molecule has 0 saturated carbocycles. The fourth-order valence-corrected chi connectivity index (χ4v) is 4.80. The molecule has 9 nitrogen and oxygen atoms in total. The molecule has 4 aliphatic rings. The molecule has 3 fully saturated rings. The molecule has 32 heavy (non-hydrogen) atoms. The largest absolute Gasteiger partial charge is 0.463 e. The number of hydrogen-bond donors (Lipinski definition) is 1. The highest BCUT2D eigenvalue weighted by Gasteiger charge is 2.62. The van der Waals surface area contributed by atoms with Gasteiger partial charge in [0.1, 0.15) is 0 Å². The number of nitrogens with zero attached hydrogens (tertiary/aromatic N) is 3. The van der Waals surface area contributed by atoms with Crippen LogP contribution in [0.4, 0.5) is 0 Å². The summed E-state index contributed by atoms with van der Waals surface area (Å²) in [7, 11) is 0. The first-order valence-electron chi connectivity index (χ1n) is 10.6. The number of aromatic amines is 1. The van der Waals surface area contributed by atoms with E-state index in [1.165, 1.54) is 0 Å². The summed E-state index contributed by atoms with van der Waals surface area (Å²) >= 11 is 0. The van der Waals surface area contributed by atoms with Crippen molar-refractivity contribution in [3.05, 3.63) is 54.7 Å². The summed E-state index contributed by atoms with van der Waals surface area (Å²) in [6, 6.07) is 11.6. The molecule has 2 bridgehead atoms. The van der Waals surface area contributed by atoms with E-state index in [9.17, 15) is 9.59 Å². The van der Waals surface area contributed by atoms with Crippen molar-refractivity contribution in [2.45, 2.75) is 24.9 Å². The Bertz CT molecular complexity index is 1210. The molecular weight excluding hydrogens is 412 g/mol. The molecule has 162 valence electrons. The molecule has 4 aliphatic heterocycles. The molecule has 3 saturated heterocycles. The molecule has 0 unspecified atom stereocenters. The van der Waals surface area contributed by atoms with Crippen molar-refractivity contribution in [2.75, 3.05) is 13.1 Å². The summed E-state index contributed by atoms with van der Waals surface area (Å²) in [6.07, 6.45) is 5.03. The Morgan fingerprint density at radius 2 is 1.78 bits per heavy atom. The van der Waals surface area contributed by atoms with Gasteiger partial charge in [-0.3, -0.25) is 0 Å². The van der Waals surface area contributed by atoms with Crippen LogP contribution in [0.5, 0.6) is 5.88 Å². The molecule has 1 N–H and O–H groups in total. The van der Waals surface area contributed by atoms with Crippen LogP contribution in [0.1, 0.15) is 12.8 Å². The Balaban J connectivity index is 1.29. The van der Waals surface area contributed by atoms with Crippen LogP contribution in [-0.2, 0) is 19.1 Å². The summed E-state index contributed by atoms with van der Waals surface area (Å²) in [5, 5.41) is 9.66. The van der Waals surface area contributed by atoms with Gasteiger partial charge in [-0.05, 0) is 37.1 Å². The minimum Gasteiger partial charge on any atom is -0.463 e. The van der Waals surface area contributed by atoms with Crippen LogP contribution in [-0.4, -0.2) is 57.1 Å². The van der Waals surface area contributed by atoms with Gasteiger partial charge in [-0.25, -0.2) is 14.5 Å². The van der Waals surface area contributed by atoms with Crippen LogP contribution in [0.25, 0.3) is 22.2 Å². The van der Waals surface area contributed by atoms with Crippen LogP contribution in [0.3, 0.4) is 0 Å². The molecule has 2 aromatic heterocycles. The molecule has 1 spiro atoms. The number of ether oxygens (including phenoxy) is 3. The number of benzene rings is 1. The van der Waals surface area contributed by atoms with Gasteiger partial charge in [-0.1, -0.05) is 6.07 Å². The minimum atomic E-state index is -1.60. The van der Waals surface area contributed by atoms with Gasteiger partial charge >= 0.3 is 17.8 Å². The van der Waals surface area contributed by atoms with Crippen molar-refractivity contribution in [1.82, 2.24) is 20.1 Å². The predicted molar refractivity (Wildman–Crippen MR) is 112 cm³/mol. The lowest BCUT2D eigenvalue weighted by Crippen LogP contribution is -2.71. The van der Waals surface area contributed by atoms with E-state index < -0.39 is 24.0 Å². The van der Waals surface area contributed by atoms with E-state index in [1.807, 2.05) is 41.4 Å². The lowest BCUT2D eigenvalue weighted by atomic mass is 9.82. The Hall–Kier alpha value is -3.72. The molecule has 0 aliphatic carbocycles. The average Bonchev–Trinajstić information content (AvgIpc) is 3.23. The van der Waals surface area contributed by atoms with Crippen molar-refractivity contribution in [2.24, 2.45) is 5.92 Å². The van der Waals surface area contributed by atoms with E-state index in [-0.39, 0.29) is 11.8 Å². The smallest absolute Gasteiger partial charge is 0.359 e. The van der Waals surface area contributed by atoms with Crippen molar-refractivity contribution in [3.63, 3.8) is 0 Å². The van der Waals surface area contributed by atoms with Gasteiger partial charge < -0.3 is 19.2 Å². The Labute approximate surface area is 183 Å². The SMILES string of the molecule is O=C1C=CC(=O)OC2(O1)[C@@H](Oc1ccc(-c3ccc4[nH]ccc4c3)nn1)C1CCN2CC1. The zero-order valence-corrected chi connectivity index (χ0v) is 17.1. The van der Waals surface area contributed by atoms with Crippen molar-refractivity contribution in [3.8, 4) is 17.1 Å². The lowest BCUT2D eigenvalue weighted by molar-refractivity contribution is -0.349. The second-order valence-electron chi connectivity index (χ2n) is 8.21. The van der Waals surface area contributed by atoms with Gasteiger partial charge in [-0.2, -0.15) is 0 Å². The highest BCUT2D eigenvalue weighted by atomic mass is 16.8. The Morgan fingerprint density at radius 1 is 1.00 bits per heavy atom. The first-order valence-corrected chi connectivity index (χ1v) is 10.6. The van der Waals surface area contributed by atoms with Gasteiger partial charge in [0.15, 0.2) is 6.10 Å². The van der Waals surface area contributed by atoms with Gasteiger partial charge in [0.25, 0.3) is 0 Å². The van der Waals surface area contributed by atoms with Crippen LogP contribution >= 0.6 is 0 Å². The number of esters is 2. The predicted octanol–water partition coefficient (Wildman–Crippen LogP) is 2.41. The summed E-state index contributed by atoms with van der Waals surface area (Å²) in [5.41, 5.74) is 2.70. The fourth-order valence-electron chi connectivity index (χ4n) is 4.80. The van der Waals surface area contributed by atoms with Crippen molar-refractivity contribution >= 4 is 22.8 Å². The summed E-state index contributed by atoms with van der Waals surface area (Å²) in [6.45, 7) is 1.30. The highest BCUT2D eigenvalue weighted by molar-refractivity contribution is 5.93. The van der Waals surface area contributed by atoms with Gasteiger partial charge in [0, 0.05) is 59.9 Å². The molecule has 7 rings (SSSR count). The van der Waals surface area contributed by atoms with Crippen LogP contribution in [0, 0.1) is 5.92 Å². The number of hydrogen-bond acceptors (Lipinski definition) is 8. The van der Waals surface area contributed by atoms with E-state index in [2.05, 4.69) is 15.2 Å². The van der Waals surface area contributed by atoms with Crippen molar-refractivity contribution in [1.29, 1.82) is 0 Å². The first kappa shape index (κ1) is 19.0. The molecule has 1 atom stereocenters. The number of fused-ring (bicyclic) bond motifs is 3. The number of carbonyl (C=O) groups is 2. The van der Waals surface area contributed by atoms with Crippen LogP contribution in [0.15, 0.2) is 54.7 Å². The topological polar surface area (TPSA) is 107 Å². The van der Waals surface area contributed by atoms with Crippen molar-refractivity contribution < 1.29 is 23.8 Å². The van der Waals surface area contributed by atoms with E-state index in [0.717, 1.165) is 41.5 Å². The summed E-state index contributed by atoms with van der Waals surface area (Å²) in [4.78, 5) is 29.4. The van der Waals surface area contributed by atoms with Gasteiger partial charge in [0.05, 0.1) is 5.69 Å². The number of nitrogens with one attached hydrogen (secondary N) is 1. The van der Waals surface area contributed by atoms with Gasteiger partial charge in [-0.15, -0.1) is 10.2 Å². The summed E-state index contributed by atoms with van der Waals surface area (Å²) < 4.78 is 17.5. The number of aromatic nitrogens is 3. The molecule has 0 amide bonds. The number of carbonyl (C=O) groups excluding carboxylic acids is 2. The Morgan fingerprint density at radius 3 is 2.50 bits per heavy atom. The zero-order valence-electron chi connectivity index (χ0n) is 17.1. The quantitative estimate of drug-likeness (QED) is 0.629. The van der Waals surface area contributed by atoms with E-state index in [1.54, 1.807) is 6.07 Å². The maximum Gasteiger partial charge on any atom is 0.359 e. The third-order valence-electron chi connectivity index (χ3n) is 6.35. The molecular formula is C23H20N4O5. The third kappa shape index (κ3) is 3.04. The molecule has 3 aromatic rings. The van der Waals surface area contributed by atoms with Gasteiger partial charge in [0.2, 0.25) is 5.88 Å². The maximum absolute atomic E-state index is 12.2. The minimum absolute atomic E-state index is 0.0520. The first-order chi connectivity index (χ1) is 15.6. The van der Waals surface area contributed by atoms with Crippen LogP contribution < -0.4 is 4.74 Å². The highest BCUT2D eigenvalue weighted by Crippen LogP contribution is 2.43. The number of piperidine rings is 3. The maximum atomic E-state index is 12.2. The molecule has 1 aromatic carbocycles. The normalized spacial score (nSPS) is 26.1. The number of rotatable bonds is 3. The molecule has 6 heterocycles. The average molecular weight is 432 g/mol. The van der Waals surface area contributed by atoms with E-state index in [4.69, 9.17) is 14.2 Å². The second-order valence-corrected chi connectivity index (χ2v) is 8.21. The third-order valence-corrected chi connectivity index (χ3v) is 6.35. The van der Waals surface area contributed by atoms with E-state index >= 15 is 0 Å².